The highest BCUT2D eigenvalue weighted by Crippen LogP contribution is 2.44. The molecule has 0 spiro atoms. The van der Waals surface area contributed by atoms with Gasteiger partial charge in [-0.2, -0.15) is 0 Å². The number of ketones is 1. The van der Waals surface area contributed by atoms with Crippen molar-refractivity contribution < 1.29 is 29.0 Å². The zero-order valence-electron chi connectivity index (χ0n) is 19.9. The Morgan fingerprint density at radius 3 is 2.50 bits per heavy atom. The average molecular weight is 506 g/mol. The minimum absolute atomic E-state index is 0.119. The Balaban J connectivity index is 1.96. The number of ether oxygens (including phenoxy) is 2. The highest BCUT2D eigenvalue weighted by Gasteiger charge is 2.47. The molecular weight excluding hydrogens is 482 g/mol. The lowest BCUT2D eigenvalue weighted by Crippen LogP contribution is -2.30. The highest BCUT2D eigenvalue weighted by atomic mass is 35.5. The first-order valence-electron chi connectivity index (χ1n) is 11.3. The first-order valence-corrected chi connectivity index (χ1v) is 11.6. The monoisotopic (exact) mass is 505 g/mol. The second kappa shape index (κ2) is 10.3. The smallest absolute Gasteiger partial charge is 0.338 e. The van der Waals surface area contributed by atoms with Crippen molar-refractivity contribution in [2.45, 2.75) is 19.9 Å². The number of benzene rings is 3. The van der Waals surface area contributed by atoms with Crippen LogP contribution in [0.1, 0.15) is 40.0 Å². The number of hydrogen-bond donors (Lipinski definition) is 1. The highest BCUT2D eigenvalue weighted by molar-refractivity contribution is 6.52. The van der Waals surface area contributed by atoms with Gasteiger partial charge >= 0.3 is 5.97 Å². The molecule has 0 saturated carbocycles. The lowest BCUT2D eigenvalue weighted by molar-refractivity contribution is -0.132. The van der Waals surface area contributed by atoms with Gasteiger partial charge in [0.1, 0.15) is 11.5 Å². The fraction of sp³-hybridized carbons (Fsp3) is 0.179. The van der Waals surface area contributed by atoms with E-state index in [0.29, 0.717) is 17.0 Å². The van der Waals surface area contributed by atoms with Crippen LogP contribution in [-0.2, 0) is 14.3 Å². The number of aryl methyl sites for hydroxylation is 1. The standard InChI is InChI=1S/C28H24ClNO6/c1-4-36-28(34)17-9-7-10-18(14-17)30-24(20-11-6-5-8-16(20)2)23(26(32)27(30)33)25(31)21-15-19(35-3)12-13-22(21)29/h5-15,24,31H,4H2,1-3H3/b25-23+. The predicted octanol–water partition coefficient (Wildman–Crippen LogP) is 5.46. The number of rotatable bonds is 6. The van der Waals surface area contributed by atoms with Crippen LogP contribution in [-0.4, -0.2) is 36.5 Å². The summed E-state index contributed by atoms with van der Waals surface area (Å²) >= 11 is 6.36. The molecule has 8 heteroatoms. The number of hydrogen-bond acceptors (Lipinski definition) is 6. The Morgan fingerprint density at radius 2 is 1.81 bits per heavy atom. The SMILES string of the molecule is CCOC(=O)c1cccc(N2C(=O)C(=O)/C(=C(/O)c3cc(OC)ccc3Cl)C2c2ccccc2C)c1. The van der Waals surface area contributed by atoms with Crippen molar-refractivity contribution in [3.05, 3.63) is 99.6 Å². The summed E-state index contributed by atoms with van der Waals surface area (Å²) in [6.45, 7) is 3.74. The molecule has 0 aliphatic carbocycles. The molecule has 4 rings (SSSR count). The topological polar surface area (TPSA) is 93.1 Å². The lowest BCUT2D eigenvalue weighted by atomic mass is 9.92. The minimum Gasteiger partial charge on any atom is -0.507 e. The van der Waals surface area contributed by atoms with Gasteiger partial charge in [-0.1, -0.05) is 41.9 Å². The molecule has 1 aliphatic rings. The molecule has 36 heavy (non-hydrogen) atoms. The second-order valence-electron chi connectivity index (χ2n) is 8.14. The third-order valence-electron chi connectivity index (χ3n) is 5.99. The number of methoxy groups -OCH3 is 1. The van der Waals surface area contributed by atoms with Crippen molar-refractivity contribution >= 4 is 40.7 Å². The van der Waals surface area contributed by atoms with Gasteiger partial charge in [-0.25, -0.2) is 4.79 Å². The van der Waals surface area contributed by atoms with Crippen LogP contribution in [0.2, 0.25) is 5.02 Å². The minimum atomic E-state index is -0.967. The summed E-state index contributed by atoms with van der Waals surface area (Å²) < 4.78 is 10.3. The molecule has 1 saturated heterocycles. The molecule has 0 bridgehead atoms. The number of carbonyl (C=O) groups is 3. The van der Waals surface area contributed by atoms with Crippen LogP contribution < -0.4 is 9.64 Å². The van der Waals surface area contributed by atoms with E-state index in [0.717, 1.165) is 5.56 Å². The van der Waals surface area contributed by atoms with Crippen molar-refractivity contribution in [1.82, 2.24) is 0 Å². The van der Waals surface area contributed by atoms with Gasteiger partial charge in [0.15, 0.2) is 0 Å². The van der Waals surface area contributed by atoms with Gasteiger partial charge < -0.3 is 14.6 Å². The molecule has 1 fully saturated rings. The summed E-state index contributed by atoms with van der Waals surface area (Å²) in [5.74, 6) is -2.27. The number of halogens is 1. The van der Waals surface area contributed by atoms with E-state index in [9.17, 15) is 19.5 Å². The molecule has 0 radical (unpaired) electrons. The van der Waals surface area contributed by atoms with E-state index in [1.165, 1.54) is 30.2 Å². The Kier molecular flexibility index (Phi) is 7.12. The second-order valence-corrected chi connectivity index (χ2v) is 8.55. The van der Waals surface area contributed by atoms with E-state index in [1.54, 1.807) is 43.3 Å². The molecule has 184 valence electrons. The Bertz CT molecular complexity index is 1400. The molecule has 7 nitrogen and oxygen atoms in total. The summed E-state index contributed by atoms with van der Waals surface area (Å²) in [5.41, 5.74) is 2.03. The third-order valence-corrected chi connectivity index (χ3v) is 6.32. The number of Topliss-reactive ketones (excluding diaryl/α,β-unsaturated/α-hetero) is 1. The maximum Gasteiger partial charge on any atom is 0.338 e. The maximum absolute atomic E-state index is 13.4. The van der Waals surface area contributed by atoms with E-state index in [4.69, 9.17) is 21.1 Å². The van der Waals surface area contributed by atoms with Crippen molar-refractivity contribution in [2.75, 3.05) is 18.6 Å². The molecule has 1 unspecified atom stereocenters. The van der Waals surface area contributed by atoms with E-state index in [2.05, 4.69) is 0 Å². The van der Waals surface area contributed by atoms with Crippen molar-refractivity contribution in [1.29, 1.82) is 0 Å². The zero-order chi connectivity index (χ0) is 26.0. The molecule has 1 atom stereocenters. The number of nitrogens with zero attached hydrogens (tertiary/aromatic N) is 1. The first-order chi connectivity index (χ1) is 17.3. The van der Waals surface area contributed by atoms with E-state index >= 15 is 0 Å². The third kappa shape index (κ3) is 4.45. The summed E-state index contributed by atoms with van der Waals surface area (Å²) in [6.07, 6.45) is 0. The van der Waals surface area contributed by atoms with Crippen LogP contribution in [0.15, 0.2) is 72.3 Å². The van der Waals surface area contributed by atoms with E-state index in [1.807, 2.05) is 19.1 Å². The van der Waals surface area contributed by atoms with E-state index < -0.39 is 29.5 Å². The summed E-state index contributed by atoms with van der Waals surface area (Å²) in [7, 11) is 1.47. The van der Waals surface area contributed by atoms with Crippen molar-refractivity contribution in [3.8, 4) is 5.75 Å². The fourth-order valence-electron chi connectivity index (χ4n) is 4.24. The normalized spacial score (nSPS) is 16.8. The molecule has 1 N–H and O–H groups in total. The van der Waals surface area contributed by atoms with Crippen LogP contribution in [0, 0.1) is 6.92 Å². The number of aliphatic hydroxyl groups is 1. The quantitative estimate of drug-likeness (QED) is 0.207. The van der Waals surface area contributed by atoms with Gasteiger partial charge in [0.25, 0.3) is 11.7 Å². The maximum atomic E-state index is 13.4. The van der Waals surface area contributed by atoms with Crippen LogP contribution in [0.25, 0.3) is 5.76 Å². The van der Waals surface area contributed by atoms with E-state index in [-0.39, 0.29) is 28.3 Å². The summed E-state index contributed by atoms with van der Waals surface area (Å²) in [6, 6.07) is 17.2. The number of aliphatic hydroxyl groups excluding tert-OH is 1. The number of amides is 1. The Labute approximate surface area is 213 Å². The van der Waals surface area contributed by atoms with Gasteiger partial charge in [-0.15, -0.1) is 0 Å². The molecule has 1 heterocycles. The van der Waals surface area contributed by atoms with Gasteiger partial charge in [0.2, 0.25) is 0 Å². The molecule has 3 aromatic carbocycles. The van der Waals surface area contributed by atoms with Crippen molar-refractivity contribution in [2.24, 2.45) is 0 Å². The average Bonchev–Trinajstić information content (AvgIpc) is 3.14. The van der Waals surface area contributed by atoms with Gasteiger partial charge in [-0.3, -0.25) is 14.5 Å². The number of carbonyl (C=O) groups excluding carboxylic acids is 3. The van der Waals surface area contributed by atoms with Crippen LogP contribution in [0.5, 0.6) is 5.75 Å². The summed E-state index contributed by atoms with van der Waals surface area (Å²) in [5, 5.41) is 11.6. The van der Waals surface area contributed by atoms with Crippen LogP contribution in [0.4, 0.5) is 5.69 Å². The molecule has 3 aromatic rings. The number of anilines is 1. The number of esters is 1. The van der Waals surface area contributed by atoms with Gasteiger partial charge in [0.05, 0.1) is 35.9 Å². The Morgan fingerprint density at radius 1 is 1.06 bits per heavy atom. The van der Waals surface area contributed by atoms with Gasteiger partial charge in [-0.05, 0) is 61.4 Å². The molecule has 1 amide bonds. The lowest BCUT2D eigenvalue weighted by Gasteiger charge is -2.27. The summed E-state index contributed by atoms with van der Waals surface area (Å²) in [4.78, 5) is 40.5. The Hall–Kier alpha value is -4.10. The van der Waals surface area contributed by atoms with Crippen molar-refractivity contribution in [3.63, 3.8) is 0 Å². The van der Waals surface area contributed by atoms with Crippen LogP contribution >= 0.6 is 11.6 Å². The van der Waals surface area contributed by atoms with Gasteiger partial charge in [0, 0.05) is 11.3 Å². The molecular formula is C28H24ClNO6. The zero-order valence-corrected chi connectivity index (χ0v) is 20.7. The first kappa shape index (κ1) is 25.0. The molecule has 0 aromatic heterocycles. The van der Waals surface area contributed by atoms with Crippen LogP contribution in [0.3, 0.4) is 0 Å². The predicted molar refractivity (Wildman–Crippen MR) is 136 cm³/mol. The molecule has 1 aliphatic heterocycles. The fourth-order valence-corrected chi connectivity index (χ4v) is 4.45. The largest absolute Gasteiger partial charge is 0.507 e.